The largest absolute Gasteiger partial charge is 0.392 e. The Morgan fingerprint density at radius 2 is 1.78 bits per heavy atom. The van der Waals surface area contributed by atoms with Gasteiger partial charge in [0.05, 0.1) is 18.0 Å². The van der Waals surface area contributed by atoms with Gasteiger partial charge in [0.1, 0.15) is 0 Å². The van der Waals surface area contributed by atoms with Gasteiger partial charge in [-0.2, -0.15) is 0 Å². The topological polar surface area (TPSA) is 48.7 Å². The van der Waals surface area contributed by atoms with E-state index in [2.05, 4.69) is 4.90 Å². The number of anilines is 2. The van der Waals surface area contributed by atoms with Gasteiger partial charge >= 0.3 is 0 Å². The van der Waals surface area contributed by atoms with Crippen LogP contribution in [0.15, 0.2) is 41.3 Å². The van der Waals surface area contributed by atoms with Crippen LogP contribution in [-0.2, 0) is 13.7 Å². The summed E-state index contributed by atoms with van der Waals surface area (Å²) in [5.74, 6) is -0.342. The Morgan fingerprint density at radius 1 is 1.09 bits per heavy atom. The third-order valence-corrected chi connectivity index (χ3v) is 4.28. The van der Waals surface area contributed by atoms with Crippen molar-refractivity contribution in [2.45, 2.75) is 6.61 Å². The molecule has 0 radical (unpaired) electrons. The fourth-order valence-electron chi connectivity index (χ4n) is 2.90. The molecular formula is C17H20FN3O2. The van der Waals surface area contributed by atoms with Gasteiger partial charge in [-0.25, -0.2) is 4.39 Å². The number of aliphatic hydroxyl groups is 1. The third-order valence-electron chi connectivity index (χ3n) is 4.28. The lowest BCUT2D eigenvalue weighted by atomic mass is 10.1. The van der Waals surface area contributed by atoms with Crippen LogP contribution in [0, 0.1) is 5.82 Å². The fourth-order valence-corrected chi connectivity index (χ4v) is 2.90. The van der Waals surface area contributed by atoms with Crippen LogP contribution in [-0.4, -0.2) is 35.9 Å². The van der Waals surface area contributed by atoms with Crippen molar-refractivity contribution in [1.82, 2.24) is 4.57 Å². The maximum absolute atomic E-state index is 14.3. The molecule has 2 aromatic rings. The Bertz CT molecular complexity index is 752. The molecule has 1 N–H and O–H groups in total. The highest BCUT2D eigenvalue weighted by atomic mass is 19.1. The monoisotopic (exact) mass is 317 g/mol. The predicted molar refractivity (Wildman–Crippen MR) is 88.4 cm³/mol. The standard InChI is InChI=1S/C17H20FN3O2/c1-19-11-14(5-6-16(19)23)20-7-9-21(10-8-20)15-4-2-3-13(12-22)17(15)18/h2-6,11,22H,7-10,12H2,1H3. The second-order valence-electron chi connectivity index (χ2n) is 5.72. The van der Waals surface area contributed by atoms with Crippen molar-refractivity contribution in [3.63, 3.8) is 0 Å². The molecule has 6 heteroatoms. The molecule has 122 valence electrons. The summed E-state index contributed by atoms with van der Waals surface area (Å²) in [7, 11) is 1.73. The van der Waals surface area contributed by atoms with Gasteiger partial charge in [-0.15, -0.1) is 0 Å². The summed E-state index contributed by atoms with van der Waals surface area (Å²) in [6.45, 7) is 2.59. The molecule has 1 saturated heterocycles. The Morgan fingerprint density at radius 3 is 2.43 bits per heavy atom. The summed E-state index contributed by atoms with van der Waals surface area (Å²) in [4.78, 5) is 15.6. The Kier molecular flexibility index (Phi) is 4.34. The van der Waals surface area contributed by atoms with E-state index in [1.54, 1.807) is 35.9 Å². The van der Waals surface area contributed by atoms with Crippen LogP contribution >= 0.6 is 0 Å². The first-order chi connectivity index (χ1) is 11.1. The minimum atomic E-state index is -0.342. The van der Waals surface area contributed by atoms with Gasteiger partial charge in [0.25, 0.3) is 0 Å². The first-order valence-corrected chi connectivity index (χ1v) is 7.65. The molecule has 0 atom stereocenters. The quantitative estimate of drug-likeness (QED) is 0.928. The first kappa shape index (κ1) is 15.6. The molecule has 1 aliphatic heterocycles. The average Bonchev–Trinajstić information content (AvgIpc) is 2.58. The number of pyridine rings is 1. The highest BCUT2D eigenvalue weighted by Crippen LogP contribution is 2.24. The normalized spacial score (nSPS) is 15.1. The average molecular weight is 317 g/mol. The fraction of sp³-hybridized carbons (Fsp3) is 0.353. The molecule has 5 nitrogen and oxygen atoms in total. The zero-order valence-corrected chi connectivity index (χ0v) is 13.1. The predicted octanol–water partition coefficient (Wildman–Crippen LogP) is 1.34. The smallest absolute Gasteiger partial charge is 0.250 e. The molecule has 3 rings (SSSR count). The van der Waals surface area contributed by atoms with Gasteiger partial charge in [-0.1, -0.05) is 12.1 Å². The van der Waals surface area contributed by atoms with Gasteiger partial charge in [-0.05, 0) is 12.1 Å². The van der Waals surface area contributed by atoms with Crippen LogP contribution in [0.5, 0.6) is 0 Å². The SMILES string of the molecule is Cn1cc(N2CCN(c3cccc(CO)c3F)CC2)ccc1=O. The van der Waals surface area contributed by atoms with Crippen molar-refractivity contribution >= 4 is 11.4 Å². The summed E-state index contributed by atoms with van der Waals surface area (Å²) in [5, 5.41) is 9.19. The number of aliphatic hydroxyl groups excluding tert-OH is 1. The highest BCUT2D eigenvalue weighted by Gasteiger charge is 2.21. The Balaban J connectivity index is 1.73. The minimum absolute atomic E-state index is 0.0322. The molecule has 1 aromatic heterocycles. The summed E-state index contributed by atoms with van der Waals surface area (Å²) in [6.07, 6.45) is 1.82. The molecule has 1 aromatic carbocycles. The van der Waals surface area contributed by atoms with Crippen LogP contribution < -0.4 is 15.4 Å². The van der Waals surface area contributed by atoms with E-state index >= 15 is 0 Å². The van der Waals surface area contributed by atoms with Crippen molar-refractivity contribution < 1.29 is 9.50 Å². The summed E-state index contributed by atoms with van der Waals surface area (Å²) in [6, 6.07) is 8.50. The number of halogens is 1. The summed E-state index contributed by atoms with van der Waals surface area (Å²) < 4.78 is 15.9. The van der Waals surface area contributed by atoms with Gasteiger partial charge in [0, 0.05) is 51.1 Å². The van der Waals surface area contributed by atoms with Crippen molar-refractivity contribution in [2.75, 3.05) is 36.0 Å². The number of nitrogens with zero attached hydrogens (tertiary/aromatic N) is 3. The molecular weight excluding hydrogens is 297 g/mol. The number of hydrogen-bond acceptors (Lipinski definition) is 4. The maximum Gasteiger partial charge on any atom is 0.250 e. The van der Waals surface area contributed by atoms with Crippen LogP contribution in [0.25, 0.3) is 0 Å². The van der Waals surface area contributed by atoms with Crippen LogP contribution in [0.3, 0.4) is 0 Å². The molecule has 2 heterocycles. The van der Waals surface area contributed by atoms with Gasteiger partial charge in [-0.3, -0.25) is 4.79 Å². The molecule has 23 heavy (non-hydrogen) atoms. The molecule has 0 aliphatic carbocycles. The van der Waals surface area contributed by atoms with Crippen molar-refractivity contribution in [3.8, 4) is 0 Å². The second-order valence-corrected chi connectivity index (χ2v) is 5.72. The third kappa shape index (κ3) is 3.07. The van der Waals surface area contributed by atoms with Crippen molar-refractivity contribution in [3.05, 3.63) is 58.3 Å². The first-order valence-electron chi connectivity index (χ1n) is 7.65. The molecule has 0 unspecified atom stereocenters. The molecule has 0 bridgehead atoms. The molecule has 0 spiro atoms. The number of aryl methyl sites for hydroxylation is 1. The lowest BCUT2D eigenvalue weighted by Gasteiger charge is -2.37. The highest BCUT2D eigenvalue weighted by molar-refractivity contribution is 5.53. The molecule has 1 aliphatic rings. The zero-order valence-electron chi connectivity index (χ0n) is 13.1. The number of hydrogen-bond donors (Lipinski definition) is 1. The van der Waals surface area contributed by atoms with Crippen LogP contribution in [0.2, 0.25) is 0 Å². The Labute approximate surface area is 134 Å². The van der Waals surface area contributed by atoms with Gasteiger partial charge < -0.3 is 19.5 Å². The summed E-state index contributed by atoms with van der Waals surface area (Å²) >= 11 is 0. The van der Waals surface area contributed by atoms with E-state index in [9.17, 15) is 14.3 Å². The Hall–Kier alpha value is -2.34. The van der Waals surface area contributed by atoms with Crippen LogP contribution in [0.1, 0.15) is 5.56 Å². The van der Waals surface area contributed by atoms with Crippen molar-refractivity contribution in [2.24, 2.45) is 7.05 Å². The zero-order chi connectivity index (χ0) is 16.4. The van der Waals surface area contributed by atoms with E-state index < -0.39 is 0 Å². The minimum Gasteiger partial charge on any atom is -0.392 e. The van der Waals surface area contributed by atoms with Crippen LogP contribution in [0.4, 0.5) is 15.8 Å². The maximum atomic E-state index is 14.3. The second kappa shape index (κ2) is 6.42. The van der Waals surface area contributed by atoms with Gasteiger partial charge in [0.15, 0.2) is 5.82 Å². The van der Waals surface area contributed by atoms with E-state index in [-0.39, 0.29) is 18.0 Å². The van der Waals surface area contributed by atoms with Gasteiger partial charge in [0.2, 0.25) is 5.56 Å². The number of benzene rings is 1. The van der Waals surface area contributed by atoms with Crippen molar-refractivity contribution in [1.29, 1.82) is 0 Å². The van der Waals surface area contributed by atoms with E-state index in [0.29, 0.717) is 24.3 Å². The van der Waals surface area contributed by atoms with E-state index in [1.165, 1.54) is 0 Å². The lowest BCUT2D eigenvalue weighted by molar-refractivity contribution is 0.276. The van der Waals surface area contributed by atoms with E-state index in [0.717, 1.165) is 18.8 Å². The number of piperazine rings is 1. The molecule has 1 fully saturated rings. The van der Waals surface area contributed by atoms with E-state index in [4.69, 9.17) is 0 Å². The molecule has 0 amide bonds. The summed E-state index contributed by atoms with van der Waals surface area (Å²) in [5.41, 5.74) is 1.83. The van der Waals surface area contributed by atoms with E-state index in [1.807, 2.05) is 17.2 Å². The lowest BCUT2D eigenvalue weighted by Crippen LogP contribution is -2.47. The number of aromatic nitrogens is 1. The molecule has 0 saturated carbocycles. The number of rotatable bonds is 3.